The van der Waals surface area contributed by atoms with Crippen molar-refractivity contribution in [2.24, 2.45) is 0 Å². The third-order valence-corrected chi connectivity index (χ3v) is 9.92. The van der Waals surface area contributed by atoms with Gasteiger partial charge in [0.15, 0.2) is 12.2 Å². The molecule has 0 N–H and O–H groups in total. The summed E-state index contributed by atoms with van der Waals surface area (Å²) in [4.78, 5) is 25.9. The summed E-state index contributed by atoms with van der Waals surface area (Å²) in [6.07, 6.45) is -2.03. The van der Waals surface area contributed by atoms with Crippen molar-refractivity contribution >= 4 is 11.9 Å². The van der Waals surface area contributed by atoms with Crippen LogP contribution in [0.3, 0.4) is 0 Å². The molecule has 8 heteroatoms. The zero-order chi connectivity index (χ0) is 30.3. The lowest BCUT2D eigenvalue weighted by Gasteiger charge is -2.35. The van der Waals surface area contributed by atoms with E-state index in [0.29, 0.717) is 11.1 Å². The molecule has 0 bridgehead atoms. The Labute approximate surface area is 251 Å². The first-order chi connectivity index (χ1) is 20.2. The number of benzene rings is 2. The summed E-state index contributed by atoms with van der Waals surface area (Å²) in [6.45, 7) is 22.0. The fraction of sp³-hybridized carbons (Fsp3) is 0.588. The van der Waals surface area contributed by atoms with Crippen molar-refractivity contribution in [3.63, 3.8) is 0 Å². The molecule has 0 aliphatic carbocycles. The molecule has 2 saturated heterocycles. The Hall–Kier alpha value is -2.78. The molecule has 2 heterocycles. The maximum atomic E-state index is 12.9. The summed E-state index contributed by atoms with van der Waals surface area (Å²) in [5.41, 5.74) is 3.41. The summed E-state index contributed by atoms with van der Waals surface area (Å²) < 4.78 is 25.4. The summed E-state index contributed by atoms with van der Waals surface area (Å²) in [5.74, 6) is -0.807. The molecule has 8 nitrogen and oxygen atoms in total. The Morgan fingerprint density at radius 2 is 0.905 bits per heavy atom. The molecule has 0 aromatic heterocycles. The van der Waals surface area contributed by atoms with E-state index in [4.69, 9.17) is 18.9 Å². The standard InChI is InChI=1S/C34H50N2O6/c1-7-35(8-2,9-3)21-25-13-17-27(18-14-25)33(37)41-29-23-39-32-30(24-40-31(29)32)42-34(38)28-19-15-26(16-20-28)22-36(10-4,11-5)12-6/h13-20,29-32H,7-12,21-24H2,1-6H3/q+2/t29-,30+,31-,32-/m1/s1. The summed E-state index contributed by atoms with van der Waals surface area (Å²) in [5, 5.41) is 0. The second-order valence-corrected chi connectivity index (χ2v) is 11.8. The molecule has 0 spiro atoms. The molecule has 2 fully saturated rings. The van der Waals surface area contributed by atoms with Crippen molar-refractivity contribution in [3.8, 4) is 0 Å². The van der Waals surface area contributed by atoms with Crippen molar-refractivity contribution in [2.45, 2.75) is 79.0 Å². The fourth-order valence-corrected chi connectivity index (χ4v) is 6.32. The van der Waals surface area contributed by atoms with Gasteiger partial charge >= 0.3 is 11.9 Å². The predicted molar refractivity (Wildman–Crippen MR) is 162 cm³/mol. The van der Waals surface area contributed by atoms with Crippen molar-refractivity contribution in [1.29, 1.82) is 0 Å². The second-order valence-electron chi connectivity index (χ2n) is 11.8. The molecule has 230 valence electrons. The van der Waals surface area contributed by atoms with Gasteiger partial charge in [-0.05, 0) is 65.8 Å². The molecule has 0 unspecified atom stereocenters. The van der Waals surface area contributed by atoms with Crippen LogP contribution in [0.15, 0.2) is 48.5 Å². The fourth-order valence-electron chi connectivity index (χ4n) is 6.32. The van der Waals surface area contributed by atoms with Crippen LogP contribution in [-0.2, 0) is 32.0 Å². The monoisotopic (exact) mass is 582 g/mol. The van der Waals surface area contributed by atoms with E-state index in [-0.39, 0.29) is 13.2 Å². The molecule has 0 saturated carbocycles. The quantitative estimate of drug-likeness (QED) is 0.231. The number of ether oxygens (including phenoxy) is 4. The van der Waals surface area contributed by atoms with E-state index in [1.807, 2.05) is 48.5 Å². The van der Waals surface area contributed by atoms with E-state index < -0.39 is 36.4 Å². The SMILES string of the molecule is CC[N+](CC)(CC)Cc1ccc(C(=O)O[C@H]2CO[C@H]3[C@@H]2OC[C@H]3OC(=O)c2ccc(C[N+](CC)(CC)CC)cc2)cc1. The van der Waals surface area contributed by atoms with E-state index in [1.165, 1.54) is 11.1 Å². The smallest absolute Gasteiger partial charge is 0.338 e. The third kappa shape index (κ3) is 7.05. The number of carbonyl (C=O) groups excluding carboxylic acids is 2. The lowest BCUT2D eigenvalue weighted by atomic mass is 10.1. The first-order valence-corrected chi connectivity index (χ1v) is 15.8. The molecular weight excluding hydrogens is 532 g/mol. The maximum absolute atomic E-state index is 12.9. The molecule has 2 aromatic rings. The number of carbonyl (C=O) groups is 2. The van der Waals surface area contributed by atoms with Gasteiger partial charge in [0, 0.05) is 11.1 Å². The van der Waals surface area contributed by atoms with Crippen LogP contribution >= 0.6 is 0 Å². The highest BCUT2D eigenvalue weighted by Crippen LogP contribution is 2.31. The number of hydrogen-bond donors (Lipinski definition) is 0. The van der Waals surface area contributed by atoms with E-state index in [0.717, 1.165) is 61.3 Å². The lowest BCUT2D eigenvalue weighted by Crippen LogP contribution is -2.46. The minimum atomic E-state index is -0.552. The van der Waals surface area contributed by atoms with E-state index >= 15 is 0 Å². The Morgan fingerprint density at radius 1 is 0.595 bits per heavy atom. The average Bonchev–Trinajstić information content (AvgIpc) is 3.62. The van der Waals surface area contributed by atoms with Gasteiger partial charge in [-0.3, -0.25) is 0 Å². The third-order valence-electron chi connectivity index (χ3n) is 9.92. The largest absolute Gasteiger partial charge is 0.453 e. The van der Waals surface area contributed by atoms with Crippen LogP contribution in [0.25, 0.3) is 0 Å². The lowest BCUT2D eigenvalue weighted by molar-refractivity contribution is -0.936. The summed E-state index contributed by atoms with van der Waals surface area (Å²) >= 11 is 0. The van der Waals surface area contributed by atoms with Crippen molar-refractivity contribution in [3.05, 3.63) is 70.8 Å². The Kier molecular flexibility index (Phi) is 10.8. The maximum Gasteiger partial charge on any atom is 0.338 e. The minimum absolute atomic E-state index is 0.206. The summed E-state index contributed by atoms with van der Waals surface area (Å²) in [6, 6.07) is 15.4. The first-order valence-electron chi connectivity index (χ1n) is 15.8. The van der Waals surface area contributed by atoms with Crippen LogP contribution < -0.4 is 0 Å². The second kappa shape index (κ2) is 14.1. The van der Waals surface area contributed by atoms with Crippen LogP contribution in [0.5, 0.6) is 0 Å². The number of nitrogens with zero attached hydrogens (tertiary/aromatic N) is 2. The van der Waals surface area contributed by atoms with Gasteiger partial charge in [-0.25, -0.2) is 9.59 Å². The molecule has 0 amide bonds. The van der Waals surface area contributed by atoms with Crippen molar-refractivity contribution < 1.29 is 37.5 Å². The minimum Gasteiger partial charge on any atom is -0.453 e. The zero-order valence-electron chi connectivity index (χ0n) is 26.3. The van der Waals surface area contributed by atoms with E-state index in [2.05, 4.69) is 41.5 Å². The van der Waals surface area contributed by atoms with Crippen molar-refractivity contribution in [1.82, 2.24) is 0 Å². The van der Waals surface area contributed by atoms with Crippen LogP contribution in [0.1, 0.15) is 73.4 Å². The van der Waals surface area contributed by atoms with Crippen LogP contribution in [0.4, 0.5) is 0 Å². The van der Waals surface area contributed by atoms with Gasteiger partial charge in [-0.1, -0.05) is 24.3 Å². The molecule has 2 aliphatic heterocycles. The van der Waals surface area contributed by atoms with Crippen LogP contribution in [-0.4, -0.2) is 97.8 Å². The van der Waals surface area contributed by atoms with Crippen LogP contribution in [0.2, 0.25) is 0 Å². The number of quaternary nitrogens is 2. The number of rotatable bonds is 14. The van der Waals surface area contributed by atoms with Gasteiger partial charge in [0.1, 0.15) is 25.3 Å². The number of esters is 2. The topological polar surface area (TPSA) is 71.1 Å². The molecule has 0 radical (unpaired) electrons. The molecular formula is C34H50N2O6+2. The highest BCUT2D eigenvalue weighted by Gasteiger charge is 2.51. The Balaban J connectivity index is 1.30. The Bertz CT molecular complexity index is 1060. The number of fused-ring (bicyclic) bond motifs is 1. The van der Waals surface area contributed by atoms with Gasteiger partial charge in [-0.15, -0.1) is 0 Å². The molecule has 4 rings (SSSR count). The van der Waals surface area contributed by atoms with Gasteiger partial charge in [0.25, 0.3) is 0 Å². The normalized spacial score (nSPS) is 22.1. The highest BCUT2D eigenvalue weighted by atomic mass is 16.7. The van der Waals surface area contributed by atoms with Gasteiger partial charge < -0.3 is 27.9 Å². The average molecular weight is 583 g/mol. The van der Waals surface area contributed by atoms with E-state index in [1.54, 1.807) is 0 Å². The van der Waals surface area contributed by atoms with Crippen LogP contribution in [0, 0.1) is 0 Å². The molecule has 42 heavy (non-hydrogen) atoms. The molecule has 2 aromatic carbocycles. The van der Waals surface area contributed by atoms with Gasteiger partial charge in [0.05, 0.1) is 63.6 Å². The first kappa shape index (κ1) is 32.1. The van der Waals surface area contributed by atoms with Gasteiger partial charge in [-0.2, -0.15) is 0 Å². The molecule has 2 aliphatic rings. The predicted octanol–water partition coefficient (Wildman–Crippen LogP) is 4.99. The van der Waals surface area contributed by atoms with Crippen molar-refractivity contribution in [2.75, 3.05) is 52.5 Å². The Morgan fingerprint density at radius 3 is 1.19 bits per heavy atom. The number of hydrogen-bond acceptors (Lipinski definition) is 6. The van der Waals surface area contributed by atoms with Gasteiger partial charge in [0.2, 0.25) is 0 Å². The van der Waals surface area contributed by atoms with E-state index in [9.17, 15) is 9.59 Å². The summed E-state index contributed by atoms with van der Waals surface area (Å²) in [7, 11) is 0. The highest BCUT2D eigenvalue weighted by molar-refractivity contribution is 5.90. The molecule has 4 atom stereocenters. The zero-order valence-corrected chi connectivity index (χ0v) is 26.3.